The highest BCUT2D eigenvalue weighted by molar-refractivity contribution is 5.88. The van der Waals surface area contributed by atoms with Gasteiger partial charge in [-0.05, 0) is 18.2 Å². The number of pyridine rings is 1. The number of nitrogens with two attached hydrogens (primary N) is 1. The van der Waals surface area contributed by atoms with Crippen LogP contribution in [-0.2, 0) is 6.54 Å². The summed E-state index contributed by atoms with van der Waals surface area (Å²) < 4.78 is 42.2. The van der Waals surface area contributed by atoms with Crippen LogP contribution in [0.5, 0.6) is 0 Å². The van der Waals surface area contributed by atoms with Gasteiger partial charge in [-0.15, -0.1) is 14.6 Å². The van der Waals surface area contributed by atoms with E-state index in [-0.39, 0.29) is 23.7 Å². The van der Waals surface area contributed by atoms with Gasteiger partial charge in [0.2, 0.25) is 5.65 Å². The van der Waals surface area contributed by atoms with Crippen molar-refractivity contribution >= 4 is 11.6 Å². The van der Waals surface area contributed by atoms with E-state index in [1.54, 1.807) is 24.3 Å². The molecule has 3 N–H and O–H groups in total. The van der Waals surface area contributed by atoms with Crippen LogP contribution in [0.1, 0.15) is 17.8 Å². The predicted molar refractivity (Wildman–Crippen MR) is 115 cm³/mol. The third-order valence-corrected chi connectivity index (χ3v) is 5.16. The second kappa shape index (κ2) is 8.39. The molecule has 0 aliphatic rings. The summed E-state index contributed by atoms with van der Waals surface area (Å²) in [5, 5.41) is 11.6. The van der Waals surface area contributed by atoms with Gasteiger partial charge in [0.05, 0.1) is 30.2 Å². The standard InChI is InChI=1S/C22H15F3N8O/c23-14-6-7-15(27-10-14)11-32-22(34)33-20(31-32)17(13-8-16(19(24)25)30-28-9-13)18(29-21(33)26)12-4-2-1-3-5-12/h1-10,19H,11H2,(H2,26,29)/p+1. The zero-order valence-corrected chi connectivity index (χ0v) is 17.4. The van der Waals surface area contributed by atoms with Crippen LogP contribution >= 0.6 is 0 Å². The first-order valence-corrected chi connectivity index (χ1v) is 10.0. The van der Waals surface area contributed by atoms with E-state index < -0.39 is 23.6 Å². The van der Waals surface area contributed by atoms with Gasteiger partial charge in [0, 0.05) is 11.1 Å². The molecular formula is C22H16F3N8O+. The van der Waals surface area contributed by atoms with Crippen LogP contribution in [0.15, 0.2) is 65.7 Å². The van der Waals surface area contributed by atoms with Gasteiger partial charge in [0.15, 0.2) is 0 Å². The first-order chi connectivity index (χ1) is 16.4. The summed E-state index contributed by atoms with van der Waals surface area (Å²) in [6.07, 6.45) is -0.500. The third kappa shape index (κ3) is 3.74. The molecule has 170 valence electrons. The van der Waals surface area contributed by atoms with E-state index in [0.29, 0.717) is 22.5 Å². The molecule has 0 saturated heterocycles. The summed E-state index contributed by atoms with van der Waals surface area (Å²) in [6, 6.07) is 12.9. The topological polar surface area (TPSA) is 118 Å². The quantitative estimate of drug-likeness (QED) is 0.426. The van der Waals surface area contributed by atoms with Crippen molar-refractivity contribution in [2.24, 2.45) is 0 Å². The largest absolute Gasteiger partial charge is 0.411 e. The Morgan fingerprint density at radius 2 is 1.85 bits per heavy atom. The Kier molecular flexibility index (Phi) is 5.24. The first-order valence-electron chi connectivity index (χ1n) is 10.0. The number of aromatic amines is 1. The van der Waals surface area contributed by atoms with Crippen LogP contribution in [0.4, 0.5) is 19.1 Å². The second-order valence-corrected chi connectivity index (χ2v) is 7.36. The smallest absolute Gasteiger partial charge is 0.290 e. The summed E-state index contributed by atoms with van der Waals surface area (Å²) in [5.74, 6) is -0.531. The van der Waals surface area contributed by atoms with Crippen LogP contribution in [0.2, 0.25) is 0 Å². The molecule has 0 fully saturated rings. The molecule has 9 nitrogen and oxygen atoms in total. The Labute approximate surface area is 189 Å². The SMILES string of the molecule is Nc1[nH+]c(-c2ccccc2)c(-c2cnnc(C(F)F)c2)c2nn(Cc3ccc(F)cn3)c(=O)n12. The van der Waals surface area contributed by atoms with Crippen molar-refractivity contribution in [3.8, 4) is 22.4 Å². The molecule has 0 aliphatic heterocycles. The number of aromatic nitrogens is 7. The number of H-pyrrole nitrogens is 1. The van der Waals surface area contributed by atoms with Gasteiger partial charge in [-0.2, -0.15) is 9.78 Å². The van der Waals surface area contributed by atoms with Gasteiger partial charge >= 0.3 is 11.6 Å². The lowest BCUT2D eigenvalue weighted by atomic mass is 10.0. The summed E-state index contributed by atoms with van der Waals surface area (Å²) >= 11 is 0. The first kappa shape index (κ1) is 21.2. The number of anilines is 1. The zero-order chi connectivity index (χ0) is 23.8. The Morgan fingerprint density at radius 3 is 2.56 bits per heavy atom. The van der Waals surface area contributed by atoms with Crippen molar-refractivity contribution in [1.29, 1.82) is 0 Å². The van der Waals surface area contributed by atoms with Crippen molar-refractivity contribution in [3.05, 3.63) is 88.6 Å². The maximum Gasteiger partial charge on any atom is 0.411 e. The van der Waals surface area contributed by atoms with Crippen molar-refractivity contribution in [1.82, 2.24) is 29.4 Å². The predicted octanol–water partition coefficient (Wildman–Crippen LogP) is 2.54. The minimum atomic E-state index is -2.84. The zero-order valence-electron chi connectivity index (χ0n) is 17.4. The Balaban J connectivity index is 1.79. The molecule has 4 heterocycles. The highest BCUT2D eigenvalue weighted by Crippen LogP contribution is 2.33. The van der Waals surface area contributed by atoms with E-state index in [1.807, 2.05) is 6.07 Å². The van der Waals surface area contributed by atoms with Crippen molar-refractivity contribution in [2.45, 2.75) is 13.0 Å². The molecule has 0 spiro atoms. The average molecular weight is 465 g/mol. The fourth-order valence-electron chi connectivity index (χ4n) is 3.62. The summed E-state index contributed by atoms with van der Waals surface area (Å²) in [5.41, 5.74) is 7.33. The Bertz CT molecular complexity index is 1550. The minimum absolute atomic E-state index is 0.0167. The van der Waals surface area contributed by atoms with Crippen LogP contribution < -0.4 is 16.4 Å². The summed E-state index contributed by atoms with van der Waals surface area (Å²) in [6.45, 7) is -0.0583. The molecule has 12 heteroatoms. The van der Waals surface area contributed by atoms with E-state index >= 15 is 0 Å². The monoisotopic (exact) mass is 465 g/mol. The number of fused-ring (bicyclic) bond motifs is 1. The van der Waals surface area contributed by atoms with Crippen molar-refractivity contribution in [2.75, 3.05) is 5.73 Å². The number of rotatable bonds is 5. The Hall–Kier alpha value is -4.61. The van der Waals surface area contributed by atoms with Crippen LogP contribution in [-0.4, -0.2) is 29.4 Å². The molecule has 0 atom stereocenters. The number of nitrogens with one attached hydrogen (secondary N) is 1. The van der Waals surface area contributed by atoms with E-state index in [9.17, 15) is 18.0 Å². The Morgan fingerprint density at radius 1 is 1.06 bits per heavy atom. The fourth-order valence-corrected chi connectivity index (χ4v) is 3.62. The summed E-state index contributed by atoms with van der Waals surface area (Å²) in [4.78, 5) is 20.1. The maximum atomic E-state index is 13.4. The fraction of sp³-hybridized carbons (Fsp3) is 0.0909. The molecule has 34 heavy (non-hydrogen) atoms. The second-order valence-electron chi connectivity index (χ2n) is 7.36. The molecule has 4 aromatic heterocycles. The molecule has 0 saturated carbocycles. The lowest BCUT2D eigenvalue weighted by Gasteiger charge is -2.09. The van der Waals surface area contributed by atoms with E-state index in [4.69, 9.17) is 5.73 Å². The number of halogens is 3. The lowest BCUT2D eigenvalue weighted by Crippen LogP contribution is -2.28. The minimum Gasteiger partial charge on any atom is -0.290 e. The van der Waals surface area contributed by atoms with E-state index in [1.165, 1.54) is 24.4 Å². The molecule has 5 aromatic rings. The van der Waals surface area contributed by atoms with Crippen molar-refractivity contribution < 1.29 is 18.2 Å². The van der Waals surface area contributed by atoms with Gasteiger partial charge in [-0.25, -0.2) is 22.9 Å². The van der Waals surface area contributed by atoms with E-state index in [0.717, 1.165) is 15.3 Å². The number of alkyl halides is 2. The number of nitrogen functional groups attached to an aromatic ring is 1. The molecule has 5 rings (SSSR count). The molecule has 0 aliphatic carbocycles. The van der Waals surface area contributed by atoms with Gasteiger partial charge in [-0.1, -0.05) is 30.3 Å². The van der Waals surface area contributed by atoms with Crippen LogP contribution in [0.3, 0.4) is 0 Å². The van der Waals surface area contributed by atoms with Crippen LogP contribution in [0.25, 0.3) is 28.0 Å². The number of hydrogen-bond donors (Lipinski definition) is 1. The van der Waals surface area contributed by atoms with Crippen molar-refractivity contribution in [3.63, 3.8) is 0 Å². The van der Waals surface area contributed by atoms with Gasteiger partial charge < -0.3 is 0 Å². The summed E-state index contributed by atoms with van der Waals surface area (Å²) in [7, 11) is 0. The molecule has 0 amide bonds. The molecule has 0 unspecified atom stereocenters. The van der Waals surface area contributed by atoms with Gasteiger partial charge in [-0.3, -0.25) is 10.7 Å². The lowest BCUT2D eigenvalue weighted by molar-refractivity contribution is -0.351. The highest BCUT2D eigenvalue weighted by atomic mass is 19.3. The maximum absolute atomic E-state index is 13.4. The van der Waals surface area contributed by atoms with Gasteiger partial charge in [0.25, 0.3) is 6.43 Å². The molecule has 0 radical (unpaired) electrons. The third-order valence-electron chi connectivity index (χ3n) is 5.16. The average Bonchev–Trinajstić information content (AvgIpc) is 3.17. The highest BCUT2D eigenvalue weighted by Gasteiger charge is 2.26. The molecule has 0 bridgehead atoms. The molecule has 1 aromatic carbocycles. The van der Waals surface area contributed by atoms with Gasteiger partial charge in [0.1, 0.15) is 17.2 Å². The number of benzene rings is 1. The van der Waals surface area contributed by atoms with Crippen LogP contribution in [0, 0.1) is 5.82 Å². The molecular weight excluding hydrogens is 449 g/mol. The number of hydrogen-bond acceptors (Lipinski definition) is 6. The normalized spacial score (nSPS) is 11.4. The number of nitrogens with zero attached hydrogens (tertiary/aromatic N) is 6. The van der Waals surface area contributed by atoms with E-state index in [2.05, 4.69) is 25.3 Å².